The van der Waals surface area contributed by atoms with Crippen molar-refractivity contribution in [2.45, 2.75) is 32.2 Å². The molecule has 33 heavy (non-hydrogen) atoms. The third-order valence-corrected chi connectivity index (χ3v) is 5.41. The summed E-state index contributed by atoms with van der Waals surface area (Å²) in [4.78, 5) is 28.6. The highest BCUT2D eigenvalue weighted by Crippen LogP contribution is 2.45. The van der Waals surface area contributed by atoms with Crippen molar-refractivity contribution in [1.29, 1.82) is 10.7 Å². The molecule has 1 aliphatic carbocycles. The Bertz CT molecular complexity index is 1160. The standard InChI is InChI=1S/C22H21F3N6O2/c1-11(12-4-3-5-13(17(12)23)18(24)25)30-19(27)14-8-16(29-9-15(14)20(32)28-2)31-21(33)22(10-26)6-7-22/h3-5,8-9,11,18H,6-7H2,1-2H3,(H2,27,30)(H,28,32)(H,29,31,33)/t11-/m1/s1. The Morgan fingerprint density at radius 2 is 1.91 bits per heavy atom. The Morgan fingerprint density at radius 3 is 2.48 bits per heavy atom. The van der Waals surface area contributed by atoms with Crippen LogP contribution in [0.5, 0.6) is 0 Å². The molecule has 3 rings (SSSR count). The SMILES string of the molecule is CNC(=O)c1cnc(NC(=O)C2(C#N)CC2)cc1C(=N)N[C@H](C)c1cccc(C(F)F)c1F. The second kappa shape index (κ2) is 9.28. The van der Waals surface area contributed by atoms with Gasteiger partial charge < -0.3 is 16.0 Å². The Hall–Kier alpha value is -3.94. The summed E-state index contributed by atoms with van der Waals surface area (Å²) in [5.41, 5.74) is -1.89. The van der Waals surface area contributed by atoms with Gasteiger partial charge in [0, 0.05) is 24.4 Å². The van der Waals surface area contributed by atoms with E-state index in [0.717, 1.165) is 12.3 Å². The molecule has 0 unspecified atom stereocenters. The number of nitrogens with one attached hydrogen (secondary N) is 4. The summed E-state index contributed by atoms with van der Waals surface area (Å²) in [7, 11) is 1.39. The van der Waals surface area contributed by atoms with Crippen molar-refractivity contribution >= 4 is 23.5 Å². The first kappa shape index (κ1) is 23.7. The van der Waals surface area contributed by atoms with Crippen molar-refractivity contribution in [1.82, 2.24) is 15.6 Å². The third-order valence-electron chi connectivity index (χ3n) is 5.41. The van der Waals surface area contributed by atoms with Crippen LogP contribution in [0.2, 0.25) is 0 Å². The van der Waals surface area contributed by atoms with Crippen LogP contribution in [0, 0.1) is 28.0 Å². The van der Waals surface area contributed by atoms with Gasteiger partial charge in [-0.15, -0.1) is 0 Å². The summed E-state index contributed by atoms with van der Waals surface area (Å²) in [5.74, 6) is -2.47. The molecule has 1 atom stereocenters. The van der Waals surface area contributed by atoms with Crippen LogP contribution >= 0.6 is 0 Å². The Kier molecular flexibility index (Phi) is 6.67. The lowest BCUT2D eigenvalue weighted by Crippen LogP contribution is -2.31. The van der Waals surface area contributed by atoms with Crippen molar-refractivity contribution in [3.63, 3.8) is 0 Å². The number of pyridine rings is 1. The van der Waals surface area contributed by atoms with Crippen molar-refractivity contribution in [2.24, 2.45) is 5.41 Å². The Balaban J connectivity index is 1.89. The number of nitrogens with zero attached hydrogens (tertiary/aromatic N) is 2. The van der Waals surface area contributed by atoms with Gasteiger partial charge in [-0.2, -0.15) is 5.26 Å². The molecule has 1 aromatic carbocycles. The van der Waals surface area contributed by atoms with Crippen molar-refractivity contribution in [2.75, 3.05) is 12.4 Å². The number of halogens is 3. The highest BCUT2D eigenvalue weighted by Gasteiger charge is 2.50. The summed E-state index contributed by atoms with van der Waals surface area (Å²) < 4.78 is 40.6. The van der Waals surface area contributed by atoms with Crippen molar-refractivity contribution in [3.05, 3.63) is 58.5 Å². The first-order valence-electron chi connectivity index (χ1n) is 10.00. The molecule has 2 aromatic rings. The van der Waals surface area contributed by atoms with E-state index in [1.54, 1.807) is 0 Å². The number of rotatable bonds is 7. The number of amidine groups is 1. The predicted octanol–water partition coefficient (Wildman–Crippen LogP) is 3.44. The van der Waals surface area contributed by atoms with E-state index in [2.05, 4.69) is 20.9 Å². The molecule has 2 amide bonds. The molecule has 0 aliphatic heterocycles. The zero-order valence-corrected chi connectivity index (χ0v) is 17.8. The quantitative estimate of drug-likeness (QED) is 0.373. The van der Waals surface area contributed by atoms with Crippen LogP contribution < -0.4 is 16.0 Å². The smallest absolute Gasteiger partial charge is 0.266 e. The third kappa shape index (κ3) is 4.79. The highest BCUT2D eigenvalue weighted by atomic mass is 19.3. The number of carbonyl (C=O) groups is 2. The van der Waals surface area contributed by atoms with Crippen LogP contribution in [0.3, 0.4) is 0 Å². The molecule has 8 nitrogen and oxygen atoms in total. The second-order valence-corrected chi connectivity index (χ2v) is 7.63. The minimum atomic E-state index is -2.99. The molecular weight excluding hydrogens is 437 g/mol. The van der Waals surface area contributed by atoms with Crippen LogP contribution in [0.4, 0.5) is 19.0 Å². The van der Waals surface area contributed by atoms with Gasteiger partial charge in [0.2, 0.25) is 5.91 Å². The van der Waals surface area contributed by atoms with Crippen LogP contribution in [0.15, 0.2) is 30.5 Å². The summed E-state index contributed by atoms with van der Waals surface area (Å²) in [6.45, 7) is 1.48. The highest BCUT2D eigenvalue weighted by molar-refractivity contribution is 6.09. The van der Waals surface area contributed by atoms with Crippen LogP contribution in [-0.2, 0) is 4.79 Å². The van der Waals surface area contributed by atoms with E-state index < -0.39 is 41.1 Å². The maximum absolute atomic E-state index is 14.5. The fourth-order valence-electron chi connectivity index (χ4n) is 3.24. The number of nitriles is 1. The summed E-state index contributed by atoms with van der Waals surface area (Å²) in [6, 6.07) is 5.95. The van der Waals surface area contributed by atoms with Gasteiger partial charge in [-0.25, -0.2) is 18.2 Å². The molecule has 11 heteroatoms. The molecule has 1 aromatic heterocycles. The maximum Gasteiger partial charge on any atom is 0.266 e. The number of hydrogen-bond donors (Lipinski definition) is 4. The van der Waals surface area contributed by atoms with Gasteiger partial charge >= 0.3 is 0 Å². The average Bonchev–Trinajstić information content (AvgIpc) is 3.59. The molecule has 0 radical (unpaired) electrons. The molecular formula is C22H21F3N6O2. The number of hydrogen-bond acceptors (Lipinski definition) is 5. The first-order valence-corrected chi connectivity index (χ1v) is 10.00. The molecule has 1 fully saturated rings. The monoisotopic (exact) mass is 458 g/mol. The number of aromatic nitrogens is 1. The van der Waals surface area contributed by atoms with Crippen LogP contribution in [0.25, 0.3) is 0 Å². The number of anilines is 1. The van der Waals surface area contributed by atoms with E-state index >= 15 is 0 Å². The molecule has 172 valence electrons. The summed E-state index contributed by atoms with van der Waals surface area (Å²) in [5, 5.41) is 25.2. The summed E-state index contributed by atoms with van der Waals surface area (Å²) >= 11 is 0. The van der Waals surface area contributed by atoms with E-state index in [4.69, 9.17) is 5.41 Å². The number of amides is 2. The predicted molar refractivity (Wildman–Crippen MR) is 113 cm³/mol. The Morgan fingerprint density at radius 1 is 1.24 bits per heavy atom. The first-order chi connectivity index (χ1) is 15.6. The number of carbonyl (C=O) groups excluding carboxylic acids is 2. The number of benzene rings is 1. The average molecular weight is 458 g/mol. The largest absolute Gasteiger partial charge is 0.363 e. The lowest BCUT2D eigenvalue weighted by atomic mass is 10.0. The molecule has 0 spiro atoms. The van der Waals surface area contributed by atoms with E-state index in [-0.39, 0.29) is 28.3 Å². The maximum atomic E-state index is 14.5. The van der Waals surface area contributed by atoms with E-state index in [1.165, 1.54) is 32.2 Å². The molecule has 0 saturated heterocycles. The van der Waals surface area contributed by atoms with Gasteiger partial charge in [0.05, 0.1) is 23.2 Å². The second-order valence-electron chi connectivity index (χ2n) is 7.63. The molecule has 1 heterocycles. The van der Waals surface area contributed by atoms with E-state index in [1.807, 2.05) is 6.07 Å². The van der Waals surface area contributed by atoms with Crippen LogP contribution in [-0.4, -0.2) is 29.7 Å². The van der Waals surface area contributed by atoms with E-state index in [9.17, 15) is 28.0 Å². The zero-order valence-electron chi connectivity index (χ0n) is 17.8. The molecule has 4 N–H and O–H groups in total. The molecule has 0 bridgehead atoms. The Labute approximate surface area is 187 Å². The van der Waals surface area contributed by atoms with Gasteiger partial charge in [0.25, 0.3) is 12.3 Å². The van der Waals surface area contributed by atoms with Gasteiger partial charge in [-0.1, -0.05) is 18.2 Å². The summed E-state index contributed by atoms with van der Waals surface area (Å²) in [6.07, 6.45) is -0.979. The van der Waals surface area contributed by atoms with Crippen LogP contribution in [0.1, 0.15) is 59.3 Å². The lowest BCUT2D eigenvalue weighted by molar-refractivity contribution is -0.119. The van der Waals surface area contributed by atoms with Gasteiger partial charge in [0.1, 0.15) is 22.9 Å². The lowest BCUT2D eigenvalue weighted by Gasteiger charge is -2.20. The zero-order chi connectivity index (χ0) is 24.3. The topological polar surface area (TPSA) is 131 Å². The van der Waals surface area contributed by atoms with E-state index in [0.29, 0.717) is 12.8 Å². The van der Waals surface area contributed by atoms with Gasteiger partial charge in [-0.05, 0) is 25.8 Å². The molecule has 1 saturated carbocycles. The van der Waals surface area contributed by atoms with Gasteiger partial charge in [0.15, 0.2) is 0 Å². The minimum absolute atomic E-state index is 0.00317. The molecule has 1 aliphatic rings. The van der Waals surface area contributed by atoms with Crippen molar-refractivity contribution < 1.29 is 22.8 Å². The normalized spacial score (nSPS) is 14.7. The number of alkyl halides is 2. The van der Waals surface area contributed by atoms with Crippen molar-refractivity contribution in [3.8, 4) is 6.07 Å². The van der Waals surface area contributed by atoms with Gasteiger partial charge in [-0.3, -0.25) is 15.0 Å². The fraction of sp³-hybridized carbons (Fsp3) is 0.318. The fourth-order valence-corrected chi connectivity index (χ4v) is 3.24. The minimum Gasteiger partial charge on any atom is -0.363 e.